The Bertz CT molecular complexity index is 977. The zero-order chi connectivity index (χ0) is 26.8. The molecule has 0 bridgehead atoms. The molecule has 2 atom stereocenters. The van der Waals surface area contributed by atoms with Gasteiger partial charge < -0.3 is 15.3 Å². The first-order valence-corrected chi connectivity index (χ1v) is 13.5. The van der Waals surface area contributed by atoms with E-state index in [4.69, 9.17) is 0 Å². The number of aliphatic carboxylic acids is 1. The van der Waals surface area contributed by atoms with Crippen molar-refractivity contribution in [2.45, 2.75) is 64.2 Å². The molecule has 1 saturated carbocycles. The molecule has 1 fully saturated rings. The quantitative estimate of drug-likeness (QED) is 0.377. The van der Waals surface area contributed by atoms with Crippen LogP contribution in [0.25, 0.3) is 0 Å². The van der Waals surface area contributed by atoms with Crippen LogP contribution in [0.4, 0.5) is 0 Å². The SMILES string of the molecule is CC(=O)NCCC(CC(c1ccccc1)c1ccccc1)C(CCC1(C(=O)O)CCCC1)C(=O)N(C)C. The zero-order valence-corrected chi connectivity index (χ0v) is 22.5. The molecule has 200 valence electrons. The first kappa shape index (κ1) is 28.4. The molecule has 2 unspecified atom stereocenters. The van der Waals surface area contributed by atoms with E-state index in [2.05, 4.69) is 29.6 Å². The summed E-state index contributed by atoms with van der Waals surface area (Å²) < 4.78 is 0. The van der Waals surface area contributed by atoms with Gasteiger partial charge in [-0.25, -0.2) is 0 Å². The molecule has 0 spiro atoms. The maximum absolute atomic E-state index is 13.6. The summed E-state index contributed by atoms with van der Waals surface area (Å²) in [6, 6.07) is 20.7. The maximum Gasteiger partial charge on any atom is 0.309 e. The number of hydrogen-bond acceptors (Lipinski definition) is 3. The Labute approximate surface area is 221 Å². The highest BCUT2D eigenvalue weighted by Crippen LogP contribution is 2.45. The second-order valence-electron chi connectivity index (χ2n) is 10.8. The molecule has 0 saturated heterocycles. The van der Waals surface area contributed by atoms with Crippen LogP contribution < -0.4 is 5.32 Å². The van der Waals surface area contributed by atoms with Gasteiger partial charge in [0, 0.05) is 39.4 Å². The minimum absolute atomic E-state index is 0.0283. The Kier molecular flexibility index (Phi) is 10.3. The average Bonchev–Trinajstić information content (AvgIpc) is 3.38. The summed E-state index contributed by atoms with van der Waals surface area (Å²) in [5.74, 6) is -1.06. The van der Waals surface area contributed by atoms with Crippen molar-refractivity contribution in [3.8, 4) is 0 Å². The molecular weight excluding hydrogens is 464 g/mol. The fraction of sp³-hybridized carbons (Fsp3) is 0.516. The first-order valence-electron chi connectivity index (χ1n) is 13.5. The minimum Gasteiger partial charge on any atom is -0.481 e. The summed E-state index contributed by atoms with van der Waals surface area (Å²) in [7, 11) is 3.54. The van der Waals surface area contributed by atoms with E-state index >= 15 is 0 Å². The Morgan fingerprint density at radius 2 is 1.46 bits per heavy atom. The van der Waals surface area contributed by atoms with Crippen molar-refractivity contribution in [1.29, 1.82) is 0 Å². The third kappa shape index (κ3) is 7.67. The summed E-state index contributed by atoms with van der Waals surface area (Å²) in [5, 5.41) is 13.0. The van der Waals surface area contributed by atoms with Crippen LogP contribution >= 0.6 is 0 Å². The van der Waals surface area contributed by atoms with Crippen molar-refractivity contribution in [3.63, 3.8) is 0 Å². The lowest BCUT2D eigenvalue weighted by molar-refractivity contribution is -0.150. The average molecular weight is 507 g/mol. The predicted molar refractivity (Wildman–Crippen MR) is 146 cm³/mol. The number of hydrogen-bond donors (Lipinski definition) is 2. The van der Waals surface area contributed by atoms with E-state index in [9.17, 15) is 19.5 Å². The number of rotatable bonds is 13. The van der Waals surface area contributed by atoms with Gasteiger partial charge in [0.1, 0.15) is 0 Å². The number of benzene rings is 2. The van der Waals surface area contributed by atoms with Gasteiger partial charge in [0.25, 0.3) is 0 Å². The van der Waals surface area contributed by atoms with Gasteiger partial charge in [-0.05, 0) is 55.6 Å². The van der Waals surface area contributed by atoms with E-state index in [1.54, 1.807) is 19.0 Å². The standard InChI is InChI=1S/C31H42N2O4/c1-23(34)32-21-17-26(22-28(24-12-6-4-7-13-24)25-14-8-5-9-15-25)27(29(35)33(2)3)16-20-31(30(36)37)18-10-11-19-31/h4-9,12-15,26-28H,10-11,16-22H2,1-3H3,(H,32,34)(H,36,37). The molecule has 0 aliphatic heterocycles. The molecule has 6 nitrogen and oxygen atoms in total. The minimum atomic E-state index is -0.734. The highest BCUT2D eigenvalue weighted by atomic mass is 16.4. The van der Waals surface area contributed by atoms with Crippen LogP contribution in [0.3, 0.4) is 0 Å². The first-order chi connectivity index (χ1) is 17.7. The molecule has 1 aliphatic carbocycles. The van der Waals surface area contributed by atoms with Crippen LogP contribution in [0, 0.1) is 17.3 Å². The summed E-state index contributed by atoms with van der Waals surface area (Å²) in [5.41, 5.74) is 1.64. The smallest absolute Gasteiger partial charge is 0.309 e. The Balaban J connectivity index is 1.95. The largest absolute Gasteiger partial charge is 0.481 e. The molecule has 1 aliphatic rings. The molecule has 37 heavy (non-hydrogen) atoms. The van der Waals surface area contributed by atoms with Crippen molar-refractivity contribution in [3.05, 3.63) is 71.8 Å². The molecule has 0 heterocycles. The number of carboxylic acid groups (broad SMARTS) is 1. The van der Waals surface area contributed by atoms with Crippen LogP contribution in [0.15, 0.2) is 60.7 Å². The number of carbonyl (C=O) groups is 3. The van der Waals surface area contributed by atoms with Crippen LogP contribution in [-0.4, -0.2) is 48.4 Å². The molecular formula is C31H42N2O4. The predicted octanol–water partition coefficient (Wildman–Crippen LogP) is 5.48. The molecule has 2 amide bonds. The van der Waals surface area contributed by atoms with E-state index < -0.39 is 11.4 Å². The fourth-order valence-electron chi connectivity index (χ4n) is 6.00. The van der Waals surface area contributed by atoms with Crippen molar-refractivity contribution in [1.82, 2.24) is 10.2 Å². The Morgan fingerprint density at radius 3 is 1.92 bits per heavy atom. The third-order valence-electron chi connectivity index (χ3n) is 8.11. The van der Waals surface area contributed by atoms with Crippen LogP contribution in [0.5, 0.6) is 0 Å². The van der Waals surface area contributed by atoms with E-state index in [0.717, 1.165) is 19.3 Å². The Morgan fingerprint density at radius 1 is 0.919 bits per heavy atom. The lowest BCUT2D eigenvalue weighted by atomic mass is 9.72. The number of nitrogens with one attached hydrogen (secondary N) is 1. The van der Waals surface area contributed by atoms with Gasteiger partial charge in [-0.2, -0.15) is 0 Å². The van der Waals surface area contributed by atoms with Crippen LogP contribution in [-0.2, 0) is 14.4 Å². The molecule has 0 aromatic heterocycles. The Hall–Kier alpha value is -3.15. The van der Waals surface area contributed by atoms with Crippen LogP contribution in [0.1, 0.15) is 75.3 Å². The highest BCUT2D eigenvalue weighted by molar-refractivity contribution is 5.79. The van der Waals surface area contributed by atoms with E-state index in [-0.39, 0.29) is 29.6 Å². The monoisotopic (exact) mass is 506 g/mol. The fourth-order valence-corrected chi connectivity index (χ4v) is 6.00. The molecule has 0 radical (unpaired) electrons. The second kappa shape index (κ2) is 13.4. The number of amides is 2. The third-order valence-corrected chi connectivity index (χ3v) is 8.11. The number of carboxylic acids is 1. The van der Waals surface area contributed by atoms with Gasteiger partial charge in [0.15, 0.2) is 0 Å². The normalized spacial score (nSPS) is 16.2. The maximum atomic E-state index is 13.6. The summed E-state index contributed by atoms with van der Waals surface area (Å²) >= 11 is 0. The summed E-state index contributed by atoms with van der Waals surface area (Å²) in [6.07, 6.45) is 5.63. The van der Waals surface area contributed by atoms with Gasteiger partial charge >= 0.3 is 5.97 Å². The van der Waals surface area contributed by atoms with Gasteiger partial charge in [0.05, 0.1) is 5.41 Å². The second-order valence-corrected chi connectivity index (χ2v) is 10.8. The van der Waals surface area contributed by atoms with E-state index in [1.165, 1.54) is 18.1 Å². The lowest BCUT2D eigenvalue weighted by Crippen LogP contribution is -2.38. The molecule has 2 aromatic rings. The highest BCUT2D eigenvalue weighted by Gasteiger charge is 2.43. The molecule has 2 N–H and O–H groups in total. The number of carbonyl (C=O) groups excluding carboxylic acids is 2. The molecule has 3 rings (SSSR count). The topological polar surface area (TPSA) is 86.7 Å². The van der Waals surface area contributed by atoms with Crippen molar-refractivity contribution in [2.75, 3.05) is 20.6 Å². The van der Waals surface area contributed by atoms with Gasteiger partial charge in [0.2, 0.25) is 11.8 Å². The van der Waals surface area contributed by atoms with Crippen LogP contribution in [0.2, 0.25) is 0 Å². The van der Waals surface area contributed by atoms with Gasteiger partial charge in [-0.3, -0.25) is 14.4 Å². The van der Waals surface area contributed by atoms with E-state index in [0.29, 0.717) is 38.6 Å². The molecule has 2 aromatic carbocycles. The van der Waals surface area contributed by atoms with Gasteiger partial charge in [-0.15, -0.1) is 0 Å². The van der Waals surface area contributed by atoms with Crippen molar-refractivity contribution in [2.24, 2.45) is 17.3 Å². The van der Waals surface area contributed by atoms with Gasteiger partial charge in [-0.1, -0.05) is 73.5 Å². The summed E-state index contributed by atoms with van der Waals surface area (Å²) in [6.45, 7) is 1.99. The summed E-state index contributed by atoms with van der Waals surface area (Å²) in [4.78, 5) is 39.2. The van der Waals surface area contributed by atoms with E-state index in [1.807, 2.05) is 36.4 Å². The lowest BCUT2D eigenvalue weighted by Gasteiger charge is -2.34. The number of nitrogens with zero attached hydrogens (tertiary/aromatic N) is 1. The van der Waals surface area contributed by atoms with Crippen molar-refractivity contribution < 1.29 is 19.5 Å². The zero-order valence-electron chi connectivity index (χ0n) is 22.5. The molecule has 6 heteroatoms. The van der Waals surface area contributed by atoms with Crippen molar-refractivity contribution >= 4 is 17.8 Å².